The van der Waals surface area contributed by atoms with Gasteiger partial charge in [-0.3, -0.25) is 9.88 Å². The quantitative estimate of drug-likeness (QED) is 0.936. The topological polar surface area (TPSA) is 41.1 Å². The molecule has 0 unspecified atom stereocenters. The Bertz CT molecular complexity index is 562. The fourth-order valence-electron chi connectivity index (χ4n) is 2.82. The van der Waals surface area contributed by atoms with Crippen LogP contribution >= 0.6 is 0 Å². The van der Waals surface area contributed by atoms with Gasteiger partial charge in [0.2, 0.25) is 0 Å². The summed E-state index contributed by atoms with van der Waals surface area (Å²) >= 11 is 0. The molecule has 2 aromatic rings. The highest BCUT2D eigenvalue weighted by atomic mass is 15.1. The van der Waals surface area contributed by atoms with E-state index in [2.05, 4.69) is 50.5 Å². The summed E-state index contributed by atoms with van der Waals surface area (Å²) in [6.07, 6.45) is 5.80. The first kappa shape index (κ1) is 14.0. The van der Waals surface area contributed by atoms with E-state index < -0.39 is 0 Å². The minimum Gasteiger partial charge on any atom is -0.366 e. The number of rotatable bonds is 4. The number of nitrogens with one attached hydrogen (secondary N) is 1. The van der Waals surface area contributed by atoms with E-state index in [-0.39, 0.29) is 0 Å². The van der Waals surface area contributed by atoms with Crippen LogP contribution in [0.1, 0.15) is 24.1 Å². The molecule has 1 aromatic carbocycles. The lowest BCUT2D eigenvalue weighted by molar-refractivity contribution is 0.211. The van der Waals surface area contributed by atoms with Gasteiger partial charge >= 0.3 is 0 Å². The Morgan fingerprint density at radius 1 is 1.10 bits per heavy atom. The monoisotopic (exact) mass is 282 g/mol. The fraction of sp³-hybridized carbons (Fsp3) is 0.412. The lowest BCUT2D eigenvalue weighted by Crippen LogP contribution is -2.38. The number of benzene rings is 1. The van der Waals surface area contributed by atoms with Gasteiger partial charge in [-0.25, -0.2) is 4.98 Å². The summed E-state index contributed by atoms with van der Waals surface area (Å²) in [7, 11) is 0. The molecular weight excluding hydrogens is 260 g/mol. The van der Waals surface area contributed by atoms with Crippen molar-refractivity contribution in [1.29, 1.82) is 0 Å². The van der Waals surface area contributed by atoms with Crippen LogP contribution in [0.4, 0.5) is 5.82 Å². The Hall–Kier alpha value is -1.94. The molecule has 1 saturated heterocycles. The SMILES string of the molecule is Cc1nccnc1NC1CCN(Cc2ccccc2)CC1. The zero-order valence-corrected chi connectivity index (χ0v) is 12.5. The molecule has 0 radical (unpaired) electrons. The molecule has 4 heteroatoms. The number of aromatic nitrogens is 2. The van der Waals surface area contributed by atoms with Crippen molar-refractivity contribution in [1.82, 2.24) is 14.9 Å². The summed E-state index contributed by atoms with van der Waals surface area (Å²) in [5.74, 6) is 0.930. The number of likely N-dealkylation sites (tertiary alicyclic amines) is 1. The highest BCUT2D eigenvalue weighted by molar-refractivity contribution is 5.39. The van der Waals surface area contributed by atoms with Crippen molar-refractivity contribution in [3.8, 4) is 0 Å². The van der Waals surface area contributed by atoms with Crippen LogP contribution in [0.25, 0.3) is 0 Å². The molecule has 1 fully saturated rings. The van der Waals surface area contributed by atoms with Gasteiger partial charge < -0.3 is 5.32 Å². The molecule has 0 atom stereocenters. The molecular formula is C17H22N4. The summed E-state index contributed by atoms with van der Waals surface area (Å²) in [5.41, 5.74) is 2.37. The maximum atomic E-state index is 4.37. The second-order valence-electron chi connectivity index (χ2n) is 5.67. The van der Waals surface area contributed by atoms with E-state index in [9.17, 15) is 0 Å². The molecule has 2 heterocycles. The van der Waals surface area contributed by atoms with Gasteiger partial charge in [0.15, 0.2) is 0 Å². The molecule has 1 aromatic heterocycles. The minimum absolute atomic E-state index is 0.507. The summed E-state index contributed by atoms with van der Waals surface area (Å²) in [6, 6.07) is 11.2. The van der Waals surface area contributed by atoms with Gasteiger partial charge in [-0.05, 0) is 25.3 Å². The van der Waals surface area contributed by atoms with Crippen molar-refractivity contribution < 1.29 is 0 Å². The van der Waals surface area contributed by atoms with E-state index >= 15 is 0 Å². The van der Waals surface area contributed by atoms with Crippen molar-refractivity contribution in [2.45, 2.75) is 32.4 Å². The van der Waals surface area contributed by atoms with Gasteiger partial charge in [0.25, 0.3) is 0 Å². The second kappa shape index (κ2) is 6.68. The van der Waals surface area contributed by atoms with Gasteiger partial charge in [-0.1, -0.05) is 30.3 Å². The number of piperidine rings is 1. The van der Waals surface area contributed by atoms with E-state index in [0.29, 0.717) is 6.04 Å². The van der Waals surface area contributed by atoms with Crippen LogP contribution in [-0.2, 0) is 6.54 Å². The predicted molar refractivity (Wildman–Crippen MR) is 85.1 cm³/mol. The average molecular weight is 282 g/mol. The number of aryl methyl sites for hydroxylation is 1. The van der Waals surface area contributed by atoms with Crippen LogP contribution in [0.2, 0.25) is 0 Å². The maximum Gasteiger partial charge on any atom is 0.147 e. The molecule has 0 bridgehead atoms. The Balaban J connectivity index is 1.50. The highest BCUT2D eigenvalue weighted by Gasteiger charge is 2.19. The molecule has 3 rings (SSSR count). The summed E-state index contributed by atoms with van der Waals surface area (Å²) < 4.78 is 0. The predicted octanol–water partition coefficient (Wildman–Crippen LogP) is 2.86. The molecule has 110 valence electrons. The zero-order chi connectivity index (χ0) is 14.5. The molecule has 4 nitrogen and oxygen atoms in total. The van der Waals surface area contributed by atoms with Gasteiger partial charge in [-0.2, -0.15) is 0 Å². The fourth-order valence-corrected chi connectivity index (χ4v) is 2.82. The van der Waals surface area contributed by atoms with Gasteiger partial charge in [0, 0.05) is 38.1 Å². The first-order valence-corrected chi connectivity index (χ1v) is 7.62. The maximum absolute atomic E-state index is 4.37. The van der Waals surface area contributed by atoms with E-state index in [1.54, 1.807) is 12.4 Å². The zero-order valence-electron chi connectivity index (χ0n) is 12.5. The molecule has 1 aliphatic rings. The van der Waals surface area contributed by atoms with E-state index in [4.69, 9.17) is 0 Å². The van der Waals surface area contributed by atoms with Crippen molar-refractivity contribution >= 4 is 5.82 Å². The Morgan fingerprint density at radius 3 is 2.52 bits per heavy atom. The highest BCUT2D eigenvalue weighted by Crippen LogP contribution is 2.18. The Labute approximate surface area is 126 Å². The van der Waals surface area contributed by atoms with Crippen LogP contribution in [0, 0.1) is 6.92 Å². The van der Waals surface area contributed by atoms with Crippen LogP contribution in [0.15, 0.2) is 42.7 Å². The van der Waals surface area contributed by atoms with Crippen LogP contribution in [-0.4, -0.2) is 34.0 Å². The molecule has 1 aliphatic heterocycles. The molecule has 0 saturated carbocycles. The van der Waals surface area contributed by atoms with Crippen molar-refractivity contribution in [2.75, 3.05) is 18.4 Å². The Kier molecular flexibility index (Phi) is 4.46. The van der Waals surface area contributed by atoms with Crippen LogP contribution in [0.5, 0.6) is 0 Å². The molecule has 1 N–H and O–H groups in total. The number of nitrogens with zero attached hydrogens (tertiary/aromatic N) is 3. The van der Waals surface area contributed by atoms with E-state index in [1.165, 1.54) is 5.56 Å². The van der Waals surface area contributed by atoms with Gasteiger partial charge in [0.05, 0.1) is 5.69 Å². The van der Waals surface area contributed by atoms with Crippen molar-refractivity contribution in [3.63, 3.8) is 0 Å². The smallest absolute Gasteiger partial charge is 0.147 e. The standard InChI is InChI=1S/C17H22N4/c1-14-17(19-10-9-18-14)20-16-7-11-21(12-8-16)13-15-5-3-2-4-6-15/h2-6,9-10,16H,7-8,11-13H2,1H3,(H,19,20). The van der Waals surface area contributed by atoms with Crippen LogP contribution in [0.3, 0.4) is 0 Å². The molecule has 0 aliphatic carbocycles. The lowest BCUT2D eigenvalue weighted by Gasteiger charge is -2.32. The molecule has 0 amide bonds. The van der Waals surface area contributed by atoms with E-state index in [0.717, 1.165) is 44.0 Å². The number of hydrogen-bond acceptors (Lipinski definition) is 4. The third-order valence-electron chi connectivity index (χ3n) is 4.06. The number of anilines is 1. The first-order valence-electron chi connectivity index (χ1n) is 7.62. The van der Waals surface area contributed by atoms with Gasteiger partial charge in [-0.15, -0.1) is 0 Å². The molecule has 0 spiro atoms. The van der Waals surface area contributed by atoms with Crippen molar-refractivity contribution in [3.05, 3.63) is 54.0 Å². The third kappa shape index (κ3) is 3.79. The first-order chi connectivity index (χ1) is 10.3. The van der Waals surface area contributed by atoms with Crippen molar-refractivity contribution in [2.24, 2.45) is 0 Å². The summed E-state index contributed by atoms with van der Waals surface area (Å²) in [6.45, 7) is 5.31. The van der Waals surface area contributed by atoms with E-state index in [1.807, 2.05) is 6.92 Å². The van der Waals surface area contributed by atoms with Gasteiger partial charge in [0.1, 0.15) is 5.82 Å². The van der Waals surface area contributed by atoms with Crippen LogP contribution < -0.4 is 5.32 Å². The third-order valence-corrected chi connectivity index (χ3v) is 4.06. The summed E-state index contributed by atoms with van der Waals surface area (Å²) in [5, 5.41) is 3.53. The second-order valence-corrected chi connectivity index (χ2v) is 5.67. The summed E-state index contributed by atoms with van der Waals surface area (Å²) in [4.78, 5) is 11.2. The lowest BCUT2D eigenvalue weighted by atomic mass is 10.0. The number of hydrogen-bond donors (Lipinski definition) is 1. The minimum atomic E-state index is 0.507. The Morgan fingerprint density at radius 2 is 1.81 bits per heavy atom. The molecule has 21 heavy (non-hydrogen) atoms. The normalized spacial score (nSPS) is 16.8. The largest absolute Gasteiger partial charge is 0.366 e. The average Bonchev–Trinajstić information content (AvgIpc) is 2.52.